The van der Waals surface area contributed by atoms with Crippen LogP contribution in [0.5, 0.6) is 0 Å². The molecule has 5 rings (SSSR count). The summed E-state index contributed by atoms with van der Waals surface area (Å²) < 4.78 is 7.02. The van der Waals surface area contributed by atoms with Crippen LogP contribution in [0.25, 0.3) is 0 Å². The first kappa shape index (κ1) is 32.6. The van der Waals surface area contributed by atoms with E-state index in [1.807, 2.05) is 81.4 Å². The lowest BCUT2D eigenvalue weighted by Gasteiger charge is -2.41. The van der Waals surface area contributed by atoms with Crippen LogP contribution in [0.1, 0.15) is 58.6 Å². The van der Waals surface area contributed by atoms with Crippen LogP contribution < -0.4 is 4.90 Å². The Morgan fingerprint density at radius 2 is 1.69 bits per heavy atom. The first-order valence-corrected chi connectivity index (χ1v) is 16.2. The number of hydrogen-bond acceptors (Lipinski definition) is 5. The minimum atomic E-state index is -1.24. The number of aliphatic hydroxyl groups is 1. The number of para-hydroxylation sites is 1. The molecule has 3 aliphatic heterocycles. The van der Waals surface area contributed by atoms with E-state index in [0.717, 1.165) is 12.8 Å². The summed E-state index contributed by atoms with van der Waals surface area (Å²) in [6, 6.07) is 16.7. The number of rotatable bonds is 13. The van der Waals surface area contributed by atoms with Crippen molar-refractivity contribution in [1.29, 1.82) is 0 Å². The molecule has 0 aromatic heterocycles. The highest BCUT2D eigenvalue weighted by atomic mass is 16.5. The van der Waals surface area contributed by atoms with E-state index in [1.165, 1.54) is 0 Å². The van der Waals surface area contributed by atoms with Crippen LogP contribution in [0, 0.1) is 17.8 Å². The van der Waals surface area contributed by atoms with Crippen molar-refractivity contribution in [3.05, 3.63) is 91.5 Å². The second kappa shape index (κ2) is 12.9. The minimum absolute atomic E-state index is 0.109. The first-order valence-electron chi connectivity index (χ1n) is 16.2. The van der Waals surface area contributed by atoms with E-state index >= 15 is 0 Å². The van der Waals surface area contributed by atoms with Gasteiger partial charge in [0, 0.05) is 24.8 Å². The fraction of sp³-hybridized carbons (Fsp3) is 0.486. The smallest absolute Gasteiger partial charge is 0.248 e. The molecule has 3 fully saturated rings. The lowest BCUT2D eigenvalue weighted by molar-refractivity contribution is -0.157. The van der Waals surface area contributed by atoms with Crippen LogP contribution >= 0.6 is 0 Å². The molecule has 2 aromatic carbocycles. The van der Waals surface area contributed by atoms with Gasteiger partial charge >= 0.3 is 0 Å². The summed E-state index contributed by atoms with van der Waals surface area (Å²) in [5.74, 6) is -2.66. The van der Waals surface area contributed by atoms with Crippen LogP contribution in [0.3, 0.4) is 0 Å². The summed E-state index contributed by atoms with van der Waals surface area (Å²) in [4.78, 5) is 49.7. The van der Waals surface area contributed by atoms with Gasteiger partial charge in [-0.25, -0.2) is 0 Å². The van der Waals surface area contributed by atoms with Gasteiger partial charge in [-0.15, -0.1) is 13.2 Å². The van der Waals surface area contributed by atoms with Crippen LogP contribution in [0.15, 0.2) is 86.0 Å². The molecule has 240 valence electrons. The standard InChI is InChI=1S/C37H47N3O5/c1-7-16-26(5)38(21-8-2)35(44)32-37-23-25(4)36(6,45-37)30(33(42)39(22-9-3)28-19-14-11-15-20-28)31(37)34(43)40(32)29(24-41)27-17-12-10-13-18-27/h8-15,17-20,25-26,29-32,41H,2-3,7,16,21-24H2,1,4-6H3/t25?,26?,29-,30-,31+,32?,36+,37?/m1/s1. The van der Waals surface area contributed by atoms with E-state index in [9.17, 15) is 19.5 Å². The molecule has 3 heterocycles. The van der Waals surface area contributed by atoms with Gasteiger partial charge in [-0.1, -0.05) is 81.0 Å². The molecule has 8 heteroatoms. The SMILES string of the molecule is C=CCN(C(=O)[C@H]1[C@H]2C(=O)N([C@H](CO)c3ccccc3)C(C(=O)N(CC=C)C(C)CCC)C23CC(C)[C@]1(C)O3)c1ccccc1. The number of aliphatic hydroxyl groups excluding tert-OH is 1. The van der Waals surface area contributed by atoms with E-state index < -0.39 is 35.1 Å². The number of benzene rings is 2. The summed E-state index contributed by atoms with van der Waals surface area (Å²) in [6.45, 7) is 16.0. The zero-order chi connectivity index (χ0) is 32.5. The fourth-order valence-electron chi connectivity index (χ4n) is 8.28. The quantitative estimate of drug-likeness (QED) is 0.316. The number of hydrogen-bond donors (Lipinski definition) is 1. The van der Waals surface area contributed by atoms with Gasteiger partial charge in [0.15, 0.2) is 0 Å². The van der Waals surface area contributed by atoms with E-state index in [4.69, 9.17) is 4.74 Å². The molecule has 2 bridgehead atoms. The molecule has 3 aliphatic rings. The number of likely N-dealkylation sites (tertiary alicyclic amines) is 1. The third-order valence-electron chi connectivity index (χ3n) is 10.4. The number of carbonyl (C=O) groups excluding carboxylic acids is 3. The third kappa shape index (κ3) is 5.22. The van der Waals surface area contributed by atoms with E-state index in [1.54, 1.807) is 26.9 Å². The number of carbonyl (C=O) groups is 3. The van der Waals surface area contributed by atoms with Crippen LogP contribution in [-0.4, -0.2) is 75.6 Å². The Morgan fingerprint density at radius 1 is 1.07 bits per heavy atom. The van der Waals surface area contributed by atoms with Gasteiger partial charge in [0.1, 0.15) is 11.6 Å². The first-order chi connectivity index (χ1) is 21.6. The second-order valence-corrected chi connectivity index (χ2v) is 13.0. The van der Waals surface area contributed by atoms with E-state index in [2.05, 4.69) is 20.1 Å². The molecule has 2 aromatic rings. The predicted molar refractivity (Wildman–Crippen MR) is 175 cm³/mol. The molecule has 4 unspecified atom stereocenters. The molecule has 8 nitrogen and oxygen atoms in total. The Hall–Kier alpha value is -3.75. The molecule has 3 amide bonds. The Bertz CT molecular complexity index is 1420. The van der Waals surface area contributed by atoms with Gasteiger partial charge in [0.2, 0.25) is 17.7 Å². The maximum Gasteiger partial charge on any atom is 0.248 e. The maximum atomic E-state index is 15.0. The maximum absolute atomic E-state index is 15.0. The zero-order valence-electron chi connectivity index (χ0n) is 27.0. The topological polar surface area (TPSA) is 90.4 Å². The minimum Gasteiger partial charge on any atom is -0.394 e. The van der Waals surface area contributed by atoms with Gasteiger partial charge in [-0.05, 0) is 50.3 Å². The summed E-state index contributed by atoms with van der Waals surface area (Å²) in [7, 11) is 0. The summed E-state index contributed by atoms with van der Waals surface area (Å²) in [5.41, 5.74) is -0.801. The van der Waals surface area contributed by atoms with Crippen LogP contribution in [0.4, 0.5) is 5.69 Å². The van der Waals surface area contributed by atoms with Crippen molar-refractivity contribution in [2.45, 2.75) is 76.3 Å². The number of nitrogens with zero attached hydrogens (tertiary/aromatic N) is 3. The monoisotopic (exact) mass is 613 g/mol. The number of ether oxygens (including phenoxy) is 1. The average molecular weight is 614 g/mol. The lowest BCUT2D eigenvalue weighted by Crippen LogP contribution is -2.58. The molecule has 8 atom stereocenters. The van der Waals surface area contributed by atoms with Gasteiger partial charge in [0.05, 0.1) is 30.1 Å². The van der Waals surface area contributed by atoms with Gasteiger partial charge in [-0.2, -0.15) is 0 Å². The van der Waals surface area contributed by atoms with Crippen molar-refractivity contribution in [2.24, 2.45) is 17.8 Å². The normalized spacial score (nSPS) is 29.6. The molecule has 0 saturated carbocycles. The highest BCUT2D eigenvalue weighted by Gasteiger charge is 2.80. The van der Waals surface area contributed by atoms with Crippen molar-refractivity contribution in [2.75, 3.05) is 24.6 Å². The Morgan fingerprint density at radius 3 is 2.27 bits per heavy atom. The molecule has 1 N–H and O–H groups in total. The van der Waals surface area contributed by atoms with Crippen molar-refractivity contribution < 1.29 is 24.2 Å². The Labute approximate surface area is 267 Å². The van der Waals surface area contributed by atoms with Crippen LogP contribution in [0.2, 0.25) is 0 Å². The number of fused-ring (bicyclic) bond motifs is 1. The van der Waals surface area contributed by atoms with Gasteiger partial charge in [0.25, 0.3) is 0 Å². The Balaban J connectivity index is 1.68. The molecular weight excluding hydrogens is 566 g/mol. The fourth-order valence-corrected chi connectivity index (χ4v) is 8.28. The highest BCUT2D eigenvalue weighted by Crippen LogP contribution is 2.66. The van der Waals surface area contributed by atoms with Gasteiger partial charge in [-0.3, -0.25) is 14.4 Å². The molecule has 3 saturated heterocycles. The summed E-state index contributed by atoms with van der Waals surface area (Å²) >= 11 is 0. The molecule has 0 radical (unpaired) electrons. The number of anilines is 1. The summed E-state index contributed by atoms with van der Waals surface area (Å²) in [5, 5.41) is 10.8. The zero-order valence-corrected chi connectivity index (χ0v) is 27.0. The molecular formula is C37H47N3O5. The number of amides is 3. The van der Waals surface area contributed by atoms with Crippen molar-refractivity contribution >= 4 is 23.4 Å². The molecule has 1 spiro atoms. The van der Waals surface area contributed by atoms with Gasteiger partial charge < -0.3 is 24.5 Å². The highest BCUT2D eigenvalue weighted by molar-refractivity contribution is 6.03. The van der Waals surface area contributed by atoms with Crippen molar-refractivity contribution in [1.82, 2.24) is 9.80 Å². The third-order valence-corrected chi connectivity index (χ3v) is 10.4. The summed E-state index contributed by atoms with van der Waals surface area (Å²) in [6.07, 6.45) is 5.49. The lowest BCUT2D eigenvalue weighted by atomic mass is 9.62. The van der Waals surface area contributed by atoms with Crippen molar-refractivity contribution in [3.63, 3.8) is 0 Å². The molecule has 0 aliphatic carbocycles. The average Bonchev–Trinajstić information content (AvgIpc) is 3.56. The largest absolute Gasteiger partial charge is 0.394 e. The molecule has 45 heavy (non-hydrogen) atoms. The van der Waals surface area contributed by atoms with Crippen molar-refractivity contribution in [3.8, 4) is 0 Å². The van der Waals surface area contributed by atoms with Crippen LogP contribution in [-0.2, 0) is 19.1 Å². The predicted octanol–water partition coefficient (Wildman–Crippen LogP) is 5.15. The van der Waals surface area contributed by atoms with E-state index in [-0.39, 0.29) is 42.8 Å². The van der Waals surface area contributed by atoms with E-state index in [0.29, 0.717) is 24.2 Å². The Kier molecular flexibility index (Phi) is 9.38. The second-order valence-electron chi connectivity index (χ2n) is 13.0.